The Kier molecular flexibility index (Phi) is 6.30. The maximum absolute atomic E-state index is 11.6. The average molecular weight is 351 g/mol. The predicted molar refractivity (Wildman–Crippen MR) is 86.9 cm³/mol. The standard InChI is InChI=1S/C16H17NO6S/c18-12(14(19)13-6-11(9-24-13)15(20)21)7-17-16(22)23-8-10-4-2-1-3-5-10/h1-6,9,12,14,18-19H,7-8H2,(H,17,22)(H,20,21). The van der Waals surface area contributed by atoms with Gasteiger partial charge in [-0.3, -0.25) is 0 Å². The summed E-state index contributed by atoms with van der Waals surface area (Å²) >= 11 is 1.02. The number of nitrogens with one attached hydrogen (secondary N) is 1. The van der Waals surface area contributed by atoms with Crippen molar-refractivity contribution in [3.05, 3.63) is 57.8 Å². The van der Waals surface area contributed by atoms with Crippen LogP contribution >= 0.6 is 11.3 Å². The van der Waals surface area contributed by atoms with Crippen LogP contribution < -0.4 is 5.32 Å². The molecular formula is C16H17NO6S. The van der Waals surface area contributed by atoms with Crippen molar-refractivity contribution in [3.63, 3.8) is 0 Å². The zero-order valence-corrected chi connectivity index (χ0v) is 13.4. The van der Waals surface area contributed by atoms with E-state index in [2.05, 4.69) is 5.32 Å². The van der Waals surface area contributed by atoms with Gasteiger partial charge in [0.05, 0.1) is 5.56 Å². The molecule has 2 aromatic rings. The van der Waals surface area contributed by atoms with E-state index in [1.54, 1.807) is 0 Å². The van der Waals surface area contributed by atoms with Crippen LogP contribution in [0.2, 0.25) is 0 Å². The third-order valence-corrected chi connectivity index (χ3v) is 4.19. The monoisotopic (exact) mass is 351 g/mol. The van der Waals surface area contributed by atoms with E-state index in [4.69, 9.17) is 9.84 Å². The lowest BCUT2D eigenvalue weighted by atomic mass is 10.1. The van der Waals surface area contributed by atoms with Crippen LogP contribution in [0.4, 0.5) is 4.79 Å². The Labute approximate surface area is 142 Å². The molecule has 0 saturated carbocycles. The summed E-state index contributed by atoms with van der Waals surface area (Å²) in [5, 5.41) is 32.4. The summed E-state index contributed by atoms with van der Waals surface area (Å²) in [5.41, 5.74) is 0.865. The summed E-state index contributed by atoms with van der Waals surface area (Å²) < 4.78 is 4.98. The van der Waals surface area contributed by atoms with Gasteiger partial charge in [-0.15, -0.1) is 11.3 Å². The smallest absolute Gasteiger partial charge is 0.407 e. The number of rotatable bonds is 7. The Bertz CT molecular complexity index is 687. The van der Waals surface area contributed by atoms with Crippen LogP contribution in [-0.2, 0) is 11.3 Å². The van der Waals surface area contributed by atoms with Crippen LogP contribution in [0, 0.1) is 0 Å². The molecule has 7 nitrogen and oxygen atoms in total. The number of amides is 1. The van der Waals surface area contributed by atoms with Crippen LogP contribution in [0.5, 0.6) is 0 Å². The first-order valence-electron chi connectivity index (χ1n) is 7.09. The molecule has 2 unspecified atom stereocenters. The maximum Gasteiger partial charge on any atom is 0.407 e. The molecule has 24 heavy (non-hydrogen) atoms. The number of hydrogen-bond donors (Lipinski definition) is 4. The highest BCUT2D eigenvalue weighted by Gasteiger charge is 2.22. The number of aliphatic hydroxyl groups is 2. The first-order chi connectivity index (χ1) is 11.5. The van der Waals surface area contributed by atoms with Gasteiger partial charge in [-0.05, 0) is 11.6 Å². The lowest BCUT2D eigenvalue weighted by Crippen LogP contribution is -2.35. The van der Waals surface area contributed by atoms with Gasteiger partial charge in [0, 0.05) is 16.8 Å². The number of aromatic carboxylic acids is 1. The summed E-state index contributed by atoms with van der Waals surface area (Å²) in [5.74, 6) is -1.11. The van der Waals surface area contributed by atoms with Gasteiger partial charge >= 0.3 is 12.1 Å². The van der Waals surface area contributed by atoms with Crippen molar-refractivity contribution in [2.75, 3.05) is 6.54 Å². The summed E-state index contributed by atoms with van der Waals surface area (Å²) in [6.07, 6.45) is -3.30. The van der Waals surface area contributed by atoms with E-state index in [9.17, 15) is 19.8 Å². The van der Waals surface area contributed by atoms with E-state index >= 15 is 0 Å². The van der Waals surface area contributed by atoms with Crippen molar-refractivity contribution in [2.24, 2.45) is 0 Å². The number of benzene rings is 1. The second kappa shape index (κ2) is 8.44. The van der Waals surface area contributed by atoms with E-state index in [-0.39, 0.29) is 18.7 Å². The largest absolute Gasteiger partial charge is 0.478 e. The molecule has 0 aliphatic rings. The quantitative estimate of drug-likeness (QED) is 0.604. The van der Waals surface area contributed by atoms with E-state index in [1.165, 1.54) is 11.4 Å². The summed E-state index contributed by atoms with van der Waals surface area (Å²) in [6, 6.07) is 10.4. The normalized spacial score (nSPS) is 13.1. The molecule has 1 aromatic heterocycles. The Morgan fingerprint density at radius 3 is 2.54 bits per heavy atom. The van der Waals surface area contributed by atoms with Crippen LogP contribution in [0.1, 0.15) is 26.9 Å². The Morgan fingerprint density at radius 1 is 1.21 bits per heavy atom. The van der Waals surface area contributed by atoms with Gasteiger partial charge < -0.3 is 25.4 Å². The Morgan fingerprint density at radius 2 is 1.92 bits per heavy atom. The van der Waals surface area contributed by atoms with Gasteiger partial charge in [0.25, 0.3) is 0 Å². The second-order valence-corrected chi connectivity index (χ2v) is 5.94. The topological polar surface area (TPSA) is 116 Å². The molecule has 128 valence electrons. The number of carboxylic acids is 1. The van der Waals surface area contributed by atoms with Crippen molar-refractivity contribution >= 4 is 23.4 Å². The zero-order valence-electron chi connectivity index (χ0n) is 12.6. The fourth-order valence-corrected chi connectivity index (χ4v) is 2.81. The van der Waals surface area contributed by atoms with Gasteiger partial charge in [-0.1, -0.05) is 30.3 Å². The number of carboxylic acid groups (broad SMARTS) is 1. The molecule has 0 aliphatic heterocycles. The minimum absolute atomic E-state index is 0.0384. The van der Waals surface area contributed by atoms with E-state index in [0.717, 1.165) is 16.9 Å². The molecule has 0 radical (unpaired) electrons. The molecule has 1 heterocycles. The highest BCUT2D eigenvalue weighted by atomic mass is 32.1. The number of carbonyl (C=O) groups is 2. The molecule has 0 bridgehead atoms. The Hall–Kier alpha value is -2.42. The highest BCUT2D eigenvalue weighted by Crippen LogP contribution is 2.24. The Balaban J connectivity index is 1.77. The molecule has 1 amide bonds. The molecule has 8 heteroatoms. The highest BCUT2D eigenvalue weighted by molar-refractivity contribution is 7.10. The van der Waals surface area contributed by atoms with Crippen LogP contribution in [0.3, 0.4) is 0 Å². The molecule has 0 saturated heterocycles. The van der Waals surface area contributed by atoms with Crippen molar-refractivity contribution in [3.8, 4) is 0 Å². The van der Waals surface area contributed by atoms with Gasteiger partial charge in [-0.2, -0.15) is 0 Å². The third kappa shape index (κ3) is 5.05. The number of ether oxygens (including phenoxy) is 1. The number of thiophene rings is 1. The van der Waals surface area contributed by atoms with E-state index in [1.807, 2.05) is 30.3 Å². The fourth-order valence-electron chi connectivity index (χ4n) is 1.88. The first-order valence-corrected chi connectivity index (χ1v) is 7.97. The lowest BCUT2D eigenvalue weighted by molar-refractivity contribution is 0.0204. The fraction of sp³-hybridized carbons (Fsp3) is 0.250. The first kappa shape index (κ1) is 17.9. The van der Waals surface area contributed by atoms with Crippen molar-refractivity contribution in [1.29, 1.82) is 0 Å². The predicted octanol–water partition coefficient (Wildman–Crippen LogP) is 1.77. The summed E-state index contributed by atoms with van der Waals surface area (Å²) in [6.45, 7) is -0.132. The molecule has 2 atom stereocenters. The molecule has 2 rings (SSSR count). The van der Waals surface area contributed by atoms with Crippen molar-refractivity contribution in [2.45, 2.75) is 18.8 Å². The molecule has 0 spiro atoms. The van der Waals surface area contributed by atoms with Gasteiger partial charge in [0.2, 0.25) is 0 Å². The maximum atomic E-state index is 11.6. The summed E-state index contributed by atoms with van der Waals surface area (Å²) in [4.78, 5) is 22.7. The second-order valence-electron chi connectivity index (χ2n) is 5.00. The number of hydrogen-bond acceptors (Lipinski definition) is 6. The SMILES string of the molecule is O=C(NCC(O)C(O)c1cc(C(=O)O)cs1)OCc1ccccc1. The van der Waals surface area contributed by atoms with Gasteiger partial charge in [0.15, 0.2) is 0 Å². The van der Waals surface area contributed by atoms with Gasteiger partial charge in [-0.25, -0.2) is 9.59 Å². The van der Waals surface area contributed by atoms with E-state index in [0.29, 0.717) is 4.88 Å². The average Bonchev–Trinajstić information content (AvgIpc) is 3.08. The van der Waals surface area contributed by atoms with Crippen LogP contribution in [0.15, 0.2) is 41.8 Å². The van der Waals surface area contributed by atoms with Crippen LogP contribution in [-0.4, -0.2) is 40.0 Å². The van der Waals surface area contributed by atoms with Gasteiger partial charge in [0.1, 0.15) is 18.8 Å². The lowest BCUT2D eigenvalue weighted by Gasteiger charge is -2.17. The molecular weight excluding hydrogens is 334 g/mol. The minimum atomic E-state index is -1.29. The molecule has 0 aliphatic carbocycles. The van der Waals surface area contributed by atoms with E-state index < -0.39 is 24.3 Å². The van der Waals surface area contributed by atoms with Crippen molar-refractivity contribution < 1.29 is 29.6 Å². The number of alkyl carbamates (subject to hydrolysis) is 1. The molecule has 0 fully saturated rings. The summed E-state index contributed by atoms with van der Waals surface area (Å²) in [7, 11) is 0. The number of carbonyl (C=O) groups excluding carboxylic acids is 1. The van der Waals surface area contributed by atoms with Crippen LogP contribution in [0.25, 0.3) is 0 Å². The number of aliphatic hydroxyl groups excluding tert-OH is 2. The molecule has 4 N–H and O–H groups in total. The van der Waals surface area contributed by atoms with Crippen molar-refractivity contribution in [1.82, 2.24) is 5.32 Å². The zero-order chi connectivity index (χ0) is 17.5. The third-order valence-electron chi connectivity index (χ3n) is 3.19. The minimum Gasteiger partial charge on any atom is -0.478 e. The molecule has 1 aromatic carbocycles.